The molecule has 408 valence electrons. The standard InChI is InChI=1S/C42H73N13O15S2/c1-5-20(3)33(54-31(59)17-47-30(58)16-48-35(62)22(44)18-71)41(68)55-34(21(4)6-2)40(67)51-24(10-12-28(45)56)37(64)49-23(9-7-8-14-43)36(63)52-26(15-29(46)57)39(66)50-25(11-13-32(60)61)38(65)53-27(19-72)42(69)70/h20-27,33-34,71-72H,5-19,43-44H2,1-4H3,(H2,45,56)(H2,46,57)(H,47,58)(H,48,62)(H,49,64)(H,50,66)(H,51,67)(H,52,63)(H,53,65)(H,54,59)(H,55,68)(H,60,61)(H,69,70)/t20-,21-,22-,23-,24-,25-,26-,27-,33-,34-/m0/s1. The number of unbranched alkanes of at least 4 members (excludes halogenated alkanes) is 1. The van der Waals surface area contributed by atoms with Gasteiger partial charge < -0.3 is 81.0 Å². The number of thiol groups is 2. The van der Waals surface area contributed by atoms with E-state index in [4.69, 9.17) is 22.9 Å². The molecule has 0 saturated carbocycles. The first-order valence-corrected chi connectivity index (χ1v) is 24.4. The van der Waals surface area contributed by atoms with E-state index in [0.717, 1.165) is 0 Å². The number of carbonyl (C=O) groups is 13. The predicted molar refractivity (Wildman–Crippen MR) is 264 cm³/mol. The second-order valence-corrected chi connectivity index (χ2v) is 17.5. The number of rotatable bonds is 37. The van der Waals surface area contributed by atoms with Gasteiger partial charge in [0.25, 0.3) is 0 Å². The van der Waals surface area contributed by atoms with Crippen molar-refractivity contribution >= 4 is 102 Å². The molecule has 10 atom stereocenters. The quantitative estimate of drug-likeness (QED) is 0.0203. The minimum atomic E-state index is -1.85. The molecular weight excluding hydrogens is 991 g/mol. The van der Waals surface area contributed by atoms with Crippen LogP contribution in [-0.4, -0.2) is 167 Å². The Morgan fingerprint density at radius 2 is 0.944 bits per heavy atom. The van der Waals surface area contributed by atoms with Crippen molar-refractivity contribution in [3.8, 4) is 0 Å². The van der Waals surface area contributed by atoms with Crippen LogP contribution in [0.2, 0.25) is 0 Å². The van der Waals surface area contributed by atoms with E-state index >= 15 is 0 Å². The molecule has 0 aliphatic heterocycles. The first kappa shape index (κ1) is 65.7. The predicted octanol–water partition coefficient (Wildman–Crippen LogP) is -5.89. The average molecular weight is 1060 g/mol. The van der Waals surface area contributed by atoms with Crippen LogP contribution in [0.25, 0.3) is 0 Å². The second kappa shape index (κ2) is 35.0. The zero-order chi connectivity index (χ0) is 55.2. The third-order valence-corrected chi connectivity index (χ3v) is 11.8. The molecule has 0 bridgehead atoms. The van der Waals surface area contributed by atoms with Crippen molar-refractivity contribution < 1.29 is 72.5 Å². The number of nitrogens with one attached hydrogen (secondary N) is 9. The highest BCUT2D eigenvalue weighted by molar-refractivity contribution is 7.80. The van der Waals surface area contributed by atoms with Crippen LogP contribution in [0.4, 0.5) is 0 Å². The Morgan fingerprint density at radius 3 is 1.40 bits per heavy atom. The molecule has 0 aromatic heterocycles. The molecule has 0 unspecified atom stereocenters. The van der Waals surface area contributed by atoms with Crippen LogP contribution in [0.15, 0.2) is 0 Å². The van der Waals surface area contributed by atoms with Crippen LogP contribution in [0, 0.1) is 11.8 Å². The molecule has 0 saturated heterocycles. The number of hydrogen-bond acceptors (Lipinski definition) is 17. The van der Waals surface area contributed by atoms with Gasteiger partial charge in [-0.15, -0.1) is 0 Å². The van der Waals surface area contributed by atoms with Crippen LogP contribution < -0.4 is 70.8 Å². The summed E-state index contributed by atoms with van der Waals surface area (Å²) in [6.07, 6.45) is -1.98. The van der Waals surface area contributed by atoms with E-state index in [1.54, 1.807) is 27.7 Å². The third kappa shape index (κ3) is 25.7. The van der Waals surface area contributed by atoms with Gasteiger partial charge in [0.1, 0.15) is 42.3 Å². The highest BCUT2D eigenvalue weighted by atomic mass is 32.1. The molecule has 0 aromatic carbocycles. The Morgan fingerprint density at radius 1 is 0.500 bits per heavy atom. The summed E-state index contributed by atoms with van der Waals surface area (Å²) in [5.74, 6) is -14.7. The van der Waals surface area contributed by atoms with Crippen molar-refractivity contribution in [3.05, 3.63) is 0 Å². The first-order valence-electron chi connectivity index (χ1n) is 23.1. The van der Waals surface area contributed by atoms with Gasteiger partial charge in [0.15, 0.2) is 0 Å². The average Bonchev–Trinajstić information content (AvgIpc) is 3.32. The number of carboxylic acids is 2. The molecule has 0 radical (unpaired) electrons. The monoisotopic (exact) mass is 1060 g/mol. The number of aliphatic carboxylic acids is 2. The molecule has 0 aliphatic rings. The van der Waals surface area contributed by atoms with Gasteiger partial charge in [0.05, 0.1) is 25.6 Å². The lowest BCUT2D eigenvalue weighted by molar-refractivity contribution is -0.142. The smallest absolute Gasteiger partial charge is 0.327 e. The minimum Gasteiger partial charge on any atom is -0.481 e. The number of amides is 11. The van der Waals surface area contributed by atoms with Gasteiger partial charge >= 0.3 is 11.9 Å². The minimum absolute atomic E-state index is 0.0253. The summed E-state index contributed by atoms with van der Waals surface area (Å²) in [7, 11) is 0. The maximum Gasteiger partial charge on any atom is 0.327 e. The van der Waals surface area contributed by atoms with Crippen molar-refractivity contribution in [2.75, 3.05) is 31.1 Å². The SMILES string of the molecule is CC[C@H](C)[C@H](NC(=O)CNC(=O)CNC(=O)[C@@H](N)CS)C(=O)N[C@H](C(=O)N[C@@H](CCC(N)=O)C(=O)N[C@@H](CCCCN)C(=O)N[C@@H](CC(N)=O)C(=O)N[C@@H](CCC(=O)O)C(=O)N[C@@H](CS)C(=O)O)[C@@H](C)CC. The summed E-state index contributed by atoms with van der Waals surface area (Å²) in [6, 6.07) is -11.8. The van der Waals surface area contributed by atoms with E-state index < -0.39 is 182 Å². The largest absolute Gasteiger partial charge is 0.481 e. The highest BCUT2D eigenvalue weighted by Gasteiger charge is 2.36. The van der Waals surface area contributed by atoms with Crippen molar-refractivity contribution in [2.45, 2.75) is 140 Å². The summed E-state index contributed by atoms with van der Waals surface area (Å²) in [5, 5.41) is 39.9. The van der Waals surface area contributed by atoms with Crippen LogP contribution in [0.5, 0.6) is 0 Å². The normalized spacial score (nSPS) is 15.1. The molecule has 72 heavy (non-hydrogen) atoms. The number of carboxylic acid groups (broad SMARTS) is 2. The van der Waals surface area contributed by atoms with Crippen LogP contribution in [0.3, 0.4) is 0 Å². The number of nitrogens with two attached hydrogens (primary N) is 4. The maximum absolute atomic E-state index is 14.1. The lowest BCUT2D eigenvalue weighted by Gasteiger charge is -2.30. The summed E-state index contributed by atoms with van der Waals surface area (Å²) in [5.41, 5.74) is 22.0. The molecular formula is C42H73N13O15S2. The zero-order valence-corrected chi connectivity index (χ0v) is 42.6. The fourth-order valence-corrected chi connectivity index (χ4v) is 6.71. The van der Waals surface area contributed by atoms with E-state index in [1.807, 2.05) is 0 Å². The van der Waals surface area contributed by atoms with Gasteiger partial charge in [0, 0.05) is 24.3 Å². The molecule has 0 heterocycles. The van der Waals surface area contributed by atoms with Gasteiger partial charge in [0.2, 0.25) is 65.0 Å². The van der Waals surface area contributed by atoms with E-state index in [-0.39, 0.29) is 30.9 Å². The highest BCUT2D eigenvalue weighted by Crippen LogP contribution is 2.14. The number of hydrogen-bond donors (Lipinski definition) is 17. The summed E-state index contributed by atoms with van der Waals surface area (Å²) in [4.78, 5) is 167. The van der Waals surface area contributed by atoms with Crippen LogP contribution in [-0.2, 0) is 62.3 Å². The number of primary amides is 2. The summed E-state index contributed by atoms with van der Waals surface area (Å²) >= 11 is 7.78. The zero-order valence-electron chi connectivity index (χ0n) is 40.8. The Kier molecular flexibility index (Phi) is 31.9. The van der Waals surface area contributed by atoms with Crippen molar-refractivity contribution in [1.82, 2.24) is 47.9 Å². The Hall–Kier alpha value is -6.27. The fourth-order valence-electron chi connectivity index (χ4n) is 6.29. The molecule has 0 spiro atoms. The summed E-state index contributed by atoms with van der Waals surface area (Å²) in [6.45, 7) is 5.77. The van der Waals surface area contributed by atoms with Crippen molar-refractivity contribution in [3.63, 3.8) is 0 Å². The lowest BCUT2D eigenvalue weighted by Crippen LogP contribution is -2.61. The number of carbonyl (C=O) groups excluding carboxylic acids is 11. The van der Waals surface area contributed by atoms with Crippen molar-refractivity contribution in [1.29, 1.82) is 0 Å². The maximum atomic E-state index is 14.1. The lowest BCUT2D eigenvalue weighted by atomic mass is 9.94. The fraction of sp³-hybridized carbons (Fsp3) is 0.690. The molecule has 0 aromatic rings. The first-order chi connectivity index (χ1) is 33.8. The van der Waals surface area contributed by atoms with E-state index in [9.17, 15) is 72.5 Å². The van der Waals surface area contributed by atoms with Crippen LogP contribution in [0.1, 0.15) is 91.9 Å². The van der Waals surface area contributed by atoms with E-state index in [2.05, 4.69) is 73.1 Å². The Labute approximate surface area is 427 Å². The Bertz CT molecular complexity index is 1920. The molecule has 0 fully saturated rings. The topological polar surface area (TPSA) is 475 Å². The van der Waals surface area contributed by atoms with E-state index in [0.29, 0.717) is 19.3 Å². The summed E-state index contributed by atoms with van der Waals surface area (Å²) < 4.78 is 0. The molecule has 30 heteroatoms. The van der Waals surface area contributed by atoms with Gasteiger partial charge in [-0.2, -0.15) is 25.3 Å². The van der Waals surface area contributed by atoms with Crippen LogP contribution >= 0.6 is 25.3 Å². The van der Waals surface area contributed by atoms with Crippen molar-refractivity contribution in [2.24, 2.45) is 34.8 Å². The molecule has 0 aliphatic carbocycles. The van der Waals surface area contributed by atoms with Gasteiger partial charge in [-0.05, 0) is 50.5 Å². The molecule has 28 nitrogen and oxygen atoms in total. The van der Waals surface area contributed by atoms with Gasteiger partial charge in [-0.1, -0.05) is 40.5 Å². The second-order valence-electron chi connectivity index (χ2n) is 16.8. The molecule has 11 amide bonds. The van der Waals surface area contributed by atoms with E-state index in [1.165, 1.54) is 0 Å². The Balaban J connectivity index is 6.60. The third-order valence-electron chi connectivity index (χ3n) is 11.0. The molecule has 0 rings (SSSR count). The van der Waals surface area contributed by atoms with Gasteiger partial charge in [-0.25, -0.2) is 4.79 Å². The molecule has 19 N–H and O–H groups in total. The van der Waals surface area contributed by atoms with Gasteiger partial charge in [-0.3, -0.25) is 57.5 Å².